The van der Waals surface area contributed by atoms with Gasteiger partial charge in [-0.2, -0.15) is 0 Å². The van der Waals surface area contributed by atoms with E-state index in [0.29, 0.717) is 22.9 Å². The van der Waals surface area contributed by atoms with Crippen molar-refractivity contribution in [3.63, 3.8) is 0 Å². The number of halogens is 2. The van der Waals surface area contributed by atoms with Gasteiger partial charge in [0, 0.05) is 41.5 Å². The van der Waals surface area contributed by atoms with Crippen molar-refractivity contribution in [2.75, 3.05) is 6.54 Å². The second kappa shape index (κ2) is 5.43. The molecule has 0 saturated carbocycles. The van der Waals surface area contributed by atoms with Crippen molar-refractivity contribution < 1.29 is 4.79 Å². The Labute approximate surface area is 123 Å². The normalized spacial score (nSPS) is 26.9. The summed E-state index contributed by atoms with van der Waals surface area (Å²) in [4.78, 5) is 14.1. The lowest BCUT2D eigenvalue weighted by Gasteiger charge is -2.34. The predicted octanol–water partition coefficient (Wildman–Crippen LogP) is 3.73. The molecule has 0 aromatic heterocycles. The van der Waals surface area contributed by atoms with Crippen LogP contribution in [0.5, 0.6) is 0 Å². The summed E-state index contributed by atoms with van der Waals surface area (Å²) in [7, 11) is 0. The highest BCUT2D eigenvalue weighted by Gasteiger charge is 2.39. The molecule has 19 heavy (non-hydrogen) atoms. The van der Waals surface area contributed by atoms with Crippen LogP contribution < -0.4 is 0 Å². The smallest absolute Gasteiger partial charge is 0.136 e. The SMILES string of the molecule is O=C1CC2CCC(C1)N2CCc1ccc(Cl)cc1Cl. The summed E-state index contributed by atoms with van der Waals surface area (Å²) in [6.07, 6.45) is 4.75. The Balaban J connectivity index is 1.65. The van der Waals surface area contributed by atoms with E-state index in [4.69, 9.17) is 23.2 Å². The van der Waals surface area contributed by atoms with E-state index in [1.807, 2.05) is 12.1 Å². The Morgan fingerprint density at radius 2 is 1.84 bits per heavy atom. The van der Waals surface area contributed by atoms with Gasteiger partial charge in [-0.3, -0.25) is 9.69 Å². The molecule has 2 heterocycles. The van der Waals surface area contributed by atoms with Gasteiger partial charge in [0.15, 0.2) is 0 Å². The van der Waals surface area contributed by atoms with Crippen molar-refractivity contribution in [2.24, 2.45) is 0 Å². The molecule has 2 aliphatic heterocycles. The van der Waals surface area contributed by atoms with Crippen molar-refractivity contribution in [1.29, 1.82) is 0 Å². The highest BCUT2D eigenvalue weighted by Crippen LogP contribution is 2.34. The van der Waals surface area contributed by atoms with Gasteiger partial charge >= 0.3 is 0 Å². The first-order chi connectivity index (χ1) is 9.13. The summed E-state index contributed by atoms with van der Waals surface area (Å²) >= 11 is 12.1. The third-order valence-corrected chi connectivity index (χ3v) is 4.94. The number of hydrogen-bond acceptors (Lipinski definition) is 2. The number of rotatable bonds is 3. The number of Topliss-reactive ketones (excluding diaryl/α,β-unsaturated/α-hetero) is 1. The molecule has 2 aliphatic rings. The maximum atomic E-state index is 11.6. The summed E-state index contributed by atoms with van der Waals surface area (Å²) < 4.78 is 0. The first-order valence-electron chi connectivity index (χ1n) is 6.85. The number of fused-ring (bicyclic) bond motifs is 2. The van der Waals surface area contributed by atoms with Crippen LogP contribution in [-0.2, 0) is 11.2 Å². The number of carbonyl (C=O) groups is 1. The third-order valence-electron chi connectivity index (χ3n) is 4.35. The third kappa shape index (κ3) is 2.81. The van der Waals surface area contributed by atoms with Crippen LogP contribution in [0.15, 0.2) is 18.2 Å². The van der Waals surface area contributed by atoms with E-state index in [1.54, 1.807) is 6.07 Å². The summed E-state index contributed by atoms with van der Waals surface area (Å²) in [6.45, 7) is 0.990. The van der Waals surface area contributed by atoms with E-state index < -0.39 is 0 Å². The Kier molecular flexibility index (Phi) is 3.84. The lowest BCUT2D eigenvalue weighted by molar-refractivity contribution is -0.123. The van der Waals surface area contributed by atoms with Gasteiger partial charge < -0.3 is 0 Å². The van der Waals surface area contributed by atoms with E-state index >= 15 is 0 Å². The van der Waals surface area contributed by atoms with Crippen LogP contribution in [0.4, 0.5) is 0 Å². The number of hydrogen-bond donors (Lipinski definition) is 0. The number of nitrogens with zero attached hydrogens (tertiary/aromatic N) is 1. The van der Waals surface area contributed by atoms with E-state index in [0.717, 1.165) is 36.4 Å². The maximum absolute atomic E-state index is 11.6. The van der Waals surface area contributed by atoms with Crippen LogP contribution in [0.2, 0.25) is 10.0 Å². The van der Waals surface area contributed by atoms with Crippen LogP contribution in [0.3, 0.4) is 0 Å². The molecule has 1 aromatic rings. The minimum absolute atomic E-state index is 0.438. The van der Waals surface area contributed by atoms with Crippen LogP contribution >= 0.6 is 23.2 Å². The van der Waals surface area contributed by atoms with Gasteiger partial charge in [0.05, 0.1) is 0 Å². The molecule has 0 N–H and O–H groups in total. The van der Waals surface area contributed by atoms with Crippen molar-refractivity contribution >= 4 is 29.0 Å². The van der Waals surface area contributed by atoms with Gasteiger partial charge in [-0.15, -0.1) is 0 Å². The van der Waals surface area contributed by atoms with E-state index in [-0.39, 0.29) is 0 Å². The molecule has 2 nitrogen and oxygen atoms in total. The van der Waals surface area contributed by atoms with Gasteiger partial charge in [0.2, 0.25) is 0 Å². The summed E-state index contributed by atoms with van der Waals surface area (Å²) in [5, 5.41) is 1.42. The maximum Gasteiger partial charge on any atom is 0.136 e. The molecule has 2 bridgehead atoms. The van der Waals surface area contributed by atoms with Gasteiger partial charge in [0.25, 0.3) is 0 Å². The van der Waals surface area contributed by atoms with E-state index in [1.165, 1.54) is 12.8 Å². The lowest BCUT2D eigenvalue weighted by Crippen LogP contribution is -2.44. The second-order valence-electron chi connectivity index (χ2n) is 5.56. The molecular formula is C15H17Cl2NO. The molecular weight excluding hydrogens is 281 g/mol. The Hall–Kier alpha value is -0.570. The van der Waals surface area contributed by atoms with Crippen LogP contribution in [0, 0.1) is 0 Å². The summed E-state index contributed by atoms with van der Waals surface area (Å²) in [5.41, 5.74) is 1.14. The largest absolute Gasteiger partial charge is 0.300 e. The number of carbonyl (C=O) groups excluding carboxylic acids is 1. The standard InChI is InChI=1S/C15H17Cl2NO/c16-11-2-1-10(15(17)7-11)5-6-18-12-3-4-13(18)9-14(19)8-12/h1-2,7,12-13H,3-6,8-9H2. The van der Waals surface area contributed by atoms with Gasteiger partial charge in [-0.1, -0.05) is 29.3 Å². The van der Waals surface area contributed by atoms with Crippen LogP contribution in [0.25, 0.3) is 0 Å². The zero-order chi connectivity index (χ0) is 13.4. The van der Waals surface area contributed by atoms with Crippen LogP contribution in [-0.4, -0.2) is 29.3 Å². The Morgan fingerprint density at radius 1 is 1.16 bits per heavy atom. The highest BCUT2D eigenvalue weighted by atomic mass is 35.5. The highest BCUT2D eigenvalue weighted by molar-refractivity contribution is 6.35. The van der Waals surface area contributed by atoms with E-state index in [2.05, 4.69) is 4.90 Å². The molecule has 0 aliphatic carbocycles. The molecule has 1 aromatic carbocycles. The van der Waals surface area contributed by atoms with Crippen molar-refractivity contribution in [3.05, 3.63) is 33.8 Å². The van der Waals surface area contributed by atoms with Gasteiger partial charge in [0.1, 0.15) is 5.78 Å². The van der Waals surface area contributed by atoms with Crippen molar-refractivity contribution in [2.45, 2.75) is 44.2 Å². The molecule has 0 amide bonds. The quantitative estimate of drug-likeness (QED) is 0.847. The van der Waals surface area contributed by atoms with Gasteiger partial charge in [-0.05, 0) is 37.0 Å². The first kappa shape index (κ1) is 13.4. The fourth-order valence-electron chi connectivity index (χ4n) is 3.40. The molecule has 0 radical (unpaired) electrons. The number of ketones is 1. The topological polar surface area (TPSA) is 20.3 Å². The predicted molar refractivity (Wildman–Crippen MR) is 77.9 cm³/mol. The monoisotopic (exact) mass is 297 g/mol. The zero-order valence-corrected chi connectivity index (χ0v) is 12.3. The molecule has 2 fully saturated rings. The van der Waals surface area contributed by atoms with Crippen molar-refractivity contribution in [1.82, 2.24) is 4.90 Å². The van der Waals surface area contributed by atoms with Crippen LogP contribution in [0.1, 0.15) is 31.2 Å². The zero-order valence-electron chi connectivity index (χ0n) is 10.7. The molecule has 0 spiro atoms. The summed E-state index contributed by atoms with van der Waals surface area (Å²) in [5.74, 6) is 0.438. The average molecular weight is 298 g/mol. The second-order valence-corrected chi connectivity index (χ2v) is 6.40. The number of piperidine rings is 1. The average Bonchev–Trinajstić information content (AvgIpc) is 2.60. The fourth-order valence-corrected chi connectivity index (χ4v) is 3.90. The van der Waals surface area contributed by atoms with Crippen molar-refractivity contribution in [3.8, 4) is 0 Å². The fraction of sp³-hybridized carbons (Fsp3) is 0.533. The van der Waals surface area contributed by atoms with Gasteiger partial charge in [-0.25, -0.2) is 0 Å². The van der Waals surface area contributed by atoms with E-state index in [9.17, 15) is 4.79 Å². The first-order valence-corrected chi connectivity index (χ1v) is 7.60. The Morgan fingerprint density at radius 3 is 2.47 bits per heavy atom. The Bertz CT molecular complexity index is 487. The molecule has 2 atom stereocenters. The molecule has 102 valence electrons. The molecule has 2 saturated heterocycles. The number of benzene rings is 1. The minimum Gasteiger partial charge on any atom is -0.300 e. The molecule has 2 unspecified atom stereocenters. The summed E-state index contributed by atoms with van der Waals surface area (Å²) in [6, 6.07) is 6.63. The minimum atomic E-state index is 0.438. The lowest BCUT2D eigenvalue weighted by atomic mass is 10.0. The molecule has 4 heteroatoms. The molecule has 3 rings (SSSR count).